The third kappa shape index (κ3) is 6.96. The number of rotatable bonds is 10. The SMILES string of the molecule is O[C@H]1O[C@H](COCc2ccccc2)[C@H](Br)[C@H](OCc2ccccc2)[C@H]1OCc1ccccc1. The van der Waals surface area contributed by atoms with E-state index in [1.807, 2.05) is 91.0 Å². The van der Waals surface area contributed by atoms with E-state index in [0.29, 0.717) is 26.4 Å². The van der Waals surface area contributed by atoms with Gasteiger partial charge in [-0.15, -0.1) is 0 Å². The predicted molar refractivity (Wildman–Crippen MR) is 130 cm³/mol. The highest BCUT2D eigenvalue weighted by Gasteiger charge is 2.46. The fourth-order valence-electron chi connectivity index (χ4n) is 3.78. The molecule has 4 rings (SSSR count). The first-order valence-electron chi connectivity index (χ1n) is 11.1. The third-order valence-corrected chi connectivity index (χ3v) is 6.66. The van der Waals surface area contributed by atoms with Gasteiger partial charge in [-0.3, -0.25) is 0 Å². The Morgan fingerprint density at radius 3 is 1.64 bits per heavy atom. The summed E-state index contributed by atoms with van der Waals surface area (Å²) >= 11 is 3.75. The van der Waals surface area contributed by atoms with Gasteiger partial charge in [0, 0.05) is 0 Å². The zero-order valence-electron chi connectivity index (χ0n) is 18.3. The van der Waals surface area contributed by atoms with Gasteiger partial charge in [0.05, 0.1) is 37.4 Å². The lowest BCUT2D eigenvalue weighted by atomic mass is 10.0. The highest BCUT2D eigenvalue weighted by Crippen LogP contribution is 2.31. The lowest BCUT2D eigenvalue weighted by molar-refractivity contribution is -0.273. The second-order valence-electron chi connectivity index (χ2n) is 8.03. The lowest BCUT2D eigenvalue weighted by Gasteiger charge is -2.42. The average molecular weight is 513 g/mol. The molecule has 1 saturated heterocycles. The maximum Gasteiger partial charge on any atom is 0.184 e. The van der Waals surface area contributed by atoms with Crippen molar-refractivity contribution in [3.63, 3.8) is 0 Å². The molecule has 0 saturated carbocycles. The minimum atomic E-state index is -1.13. The van der Waals surface area contributed by atoms with Crippen molar-refractivity contribution in [2.75, 3.05) is 6.61 Å². The zero-order valence-corrected chi connectivity index (χ0v) is 19.9. The van der Waals surface area contributed by atoms with Crippen molar-refractivity contribution in [1.29, 1.82) is 0 Å². The number of benzene rings is 3. The lowest BCUT2D eigenvalue weighted by Crippen LogP contribution is -2.58. The Morgan fingerprint density at radius 2 is 1.12 bits per heavy atom. The Kier molecular flexibility index (Phi) is 9.06. The van der Waals surface area contributed by atoms with E-state index in [0.717, 1.165) is 16.7 Å². The molecule has 0 spiro atoms. The van der Waals surface area contributed by atoms with E-state index in [-0.39, 0.29) is 10.9 Å². The van der Waals surface area contributed by atoms with E-state index < -0.39 is 18.5 Å². The molecule has 1 N–H and O–H groups in total. The van der Waals surface area contributed by atoms with Crippen LogP contribution >= 0.6 is 15.9 Å². The summed E-state index contributed by atoms with van der Waals surface area (Å²) in [5.41, 5.74) is 3.16. The van der Waals surface area contributed by atoms with Crippen molar-refractivity contribution >= 4 is 15.9 Å². The Morgan fingerprint density at radius 1 is 0.667 bits per heavy atom. The summed E-state index contributed by atoms with van der Waals surface area (Å²) in [6.07, 6.45) is -2.60. The Hall–Kier alpha value is -2.06. The third-order valence-electron chi connectivity index (χ3n) is 5.55. The van der Waals surface area contributed by atoms with Crippen molar-refractivity contribution < 1.29 is 24.1 Å². The number of aliphatic hydroxyl groups is 1. The molecule has 1 aliphatic rings. The molecule has 0 bridgehead atoms. The number of aliphatic hydroxyl groups excluding tert-OH is 1. The summed E-state index contributed by atoms with van der Waals surface area (Å²) in [6, 6.07) is 29.8. The molecular weight excluding hydrogens is 484 g/mol. The van der Waals surface area contributed by atoms with Crippen molar-refractivity contribution in [3.05, 3.63) is 108 Å². The van der Waals surface area contributed by atoms with Crippen LogP contribution in [0.2, 0.25) is 0 Å². The molecule has 1 aliphatic heterocycles. The fourth-order valence-corrected chi connectivity index (χ4v) is 4.51. The van der Waals surface area contributed by atoms with Crippen molar-refractivity contribution in [3.8, 4) is 0 Å². The van der Waals surface area contributed by atoms with Gasteiger partial charge in [-0.2, -0.15) is 0 Å². The van der Waals surface area contributed by atoms with E-state index in [1.165, 1.54) is 0 Å². The van der Waals surface area contributed by atoms with Crippen LogP contribution in [0.4, 0.5) is 0 Å². The van der Waals surface area contributed by atoms with E-state index in [2.05, 4.69) is 15.9 Å². The van der Waals surface area contributed by atoms with Gasteiger partial charge >= 0.3 is 0 Å². The molecule has 6 heteroatoms. The highest BCUT2D eigenvalue weighted by molar-refractivity contribution is 9.09. The van der Waals surface area contributed by atoms with Gasteiger partial charge in [-0.05, 0) is 16.7 Å². The normalized spacial score (nSPS) is 25.1. The zero-order chi connectivity index (χ0) is 22.9. The molecule has 3 aromatic rings. The molecule has 0 aliphatic carbocycles. The first-order valence-corrected chi connectivity index (χ1v) is 12.0. The van der Waals surface area contributed by atoms with Crippen LogP contribution in [-0.2, 0) is 38.8 Å². The molecular formula is C27H29BrO5. The molecule has 0 aromatic heterocycles. The second-order valence-corrected chi connectivity index (χ2v) is 9.09. The topological polar surface area (TPSA) is 57.2 Å². The Balaban J connectivity index is 1.41. The first-order chi connectivity index (χ1) is 16.2. The van der Waals surface area contributed by atoms with Gasteiger partial charge in [-0.25, -0.2) is 0 Å². The van der Waals surface area contributed by atoms with Gasteiger partial charge in [0.1, 0.15) is 12.2 Å². The number of hydrogen-bond donors (Lipinski definition) is 1. The van der Waals surface area contributed by atoms with E-state index in [1.54, 1.807) is 0 Å². The van der Waals surface area contributed by atoms with Crippen LogP contribution in [0.1, 0.15) is 16.7 Å². The maximum atomic E-state index is 10.8. The van der Waals surface area contributed by atoms with Gasteiger partial charge in [0.25, 0.3) is 0 Å². The summed E-state index contributed by atoms with van der Waals surface area (Å²) in [6.45, 7) is 1.55. The number of hydrogen-bond acceptors (Lipinski definition) is 5. The molecule has 1 fully saturated rings. The first kappa shape index (κ1) is 24.1. The van der Waals surface area contributed by atoms with Crippen LogP contribution in [0.25, 0.3) is 0 Å². The second kappa shape index (κ2) is 12.4. The molecule has 33 heavy (non-hydrogen) atoms. The summed E-state index contributed by atoms with van der Waals surface area (Å²) in [4.78, 5) is -0.221. The molecule has 5 atom stereocenters. The van der Waals surface area contributed by atoms with Gasteiger partial charge < -0.3 is 24.1 Å². The van der Waals surface area contributed by atoms with Crippen LogP contribution in [0, 0.1) is 0 Å². The number of alkyl halides is 1. The number of halogens is 1. The van der Waals surface area contributed by atoms with Crippen LogP contribution in [0.15, 0.2) is 91.0 Å². The van der Waals surface area contributed by atoms with Crippen molar-refractivity contribution in [2.45, 2.75) is 49.2 Å². The number of ether oxygens (including phenoxy) is 4. The maximum absolute atomic E-state index is 10.8. The Labute approximate surface area is 203 Å². The van der Waals surface area contributed by atoms with E-state index in [4.69, 9.17) is 18.9 Å². The van der Waals surface area contributed by atoms with E-state index in [9.17, 15) is 5.11 Å². The largest absolute Gasteiger partial charge is 0.374 e. The summed E-state index contributed by atoms with van der Waals surface area (Å²) in [5, 5.41) is 10.8. The van der Waals surface area contributed by atoms with E-state index >= 15 is 0 Å². The summed E-state index contributed by atoms with van der Waals surface area (Å²) in [7, 11) is 0. The van der Waals surface area contributed by atoms with Crippen LogP contribution in [-0.4, -0.2) is 41.1 Å². The molecule has 0 radical (unpaired) electrons. The smallest absolute Gasteiger partial charge is 0.184 e. The molecule has 0 unspecified atom stereocenters. The summed E-state index contributed by atoms with van der Waals surface area (Å²) < 4.78 is 24.2. The van der Waals surface area contributed by atoms with Gasteiger partial charge in [0.2, 0.25) is 0 Å². The standard InChI is InChI=1S/C27H29BrO5/c28-24-23(19-30-16-20-10-4-1-5-11-20)33-27(29)26(32-18-22-14-8-3-9-15-22)25(24)31-17-21-12-6-2-7-13-21/h1-15,23-27,29H,16-19H2/t23-,24+,25+,26-,27+/m1/s1. The predicted octanol–water partition coefficient (Wildman–Crippen LogP) is 4.85. The van der Waals surface area contributed by atoms with Gasteiger partial charge in [-0.1, -0.05) is 107 Å². The molecule has 5 nitrogen and oxygen atoms in total. The minimum Gasteiger partial charge on any atom is -0.374 e. The highest BCUT2D eigenvalue weighted by atomic mass is 79.9. The quantitative estimate of drug-likeness (QED) is 0.393. The van der Waals surface area contributed by atoms with Crippen LogP contribution < -0.4 is 0 Å². The van der Waals surface area contributed by atoms with Crippen molar-refractivity contribution in [2.24, 2.45) is 0 Å². The van der Waals surface area contributed by atoms with Crippen molar-refractivity contribution in [1.82, 2.24) is 0 Å². The Bertz CT molecular complexity index is 941. The van der Waals surface area contributed by atoms with Crippen LogP contribution in [0.3, 0.4) is 0 Å². The minimum absolute atomic E-state index is 0.221. The molecule has 174 valence electrons. The van der Waals surface area contributed by atoms with Crippen LogP contribution in [0.5, 0.6) is 0 Å². The molecule has 1 heterocycles. The average Bonchev–Trinajstić information content (AvgIpc) is 2.86. The molecule has 0 amide bonds. The monoisotopic (exact) mass is 512 g/mol. The van der Waals surface area contributed by atoms with Gasteiger partial charge in [0.15, 0.2) is 6.29 Å². The molecule has 3 aromatic carbocycles. The summed E-state index contributed by atoms with van der Waals surface area (Å²) in [5.74, 6) is 0. The fraction of sp³-hybridized carbons (Fsp3) is 0.333.